The van der Waals surface area contributed by atoms with Gasteiger partial charge in [0.25, 0.3) is 0 Å². The van der Waals surface area contributed by atoms with Crippen molar-refractivity contribution in [1.82, 2.24) is 0 Å². The Morgan fingerprint density at radius 1 is 1.30 bits per heavy atom. The molecule has 0 aromatic heterocycles. The Morgan fingerprint density at radius 3 is 2.78 bits per heavy atom. The van der Waals surface area contributed by atoms with E-state index < -0.39 is 22.7 Å². The molecule has 1 aliphatic heterocycles. The third-order valence-corrected chi connectivity index (χ3v) is 5.24. The Balaban J connectivity index is 1.78. The first-order valence-electron chi connectivity index (χ1n) is 8.38. The molecular weight excluding hydrogens is 373 g/mol. The topological polar surface area (TPSA) is 91.6 Å². The maximum absolute atomic E-state index is 13.7. The van der Waals surface area contributed by atoms with E-state index in [4.69, 9.17) is 19.5 Å². The highest BCUT2D eigenvalue weighted by molar-refractivity contribution is 7.78. The van der Waals surface area contributed by atoms with Gasteiger partial charge in [-0.2, -0.15) is 5.26 Å². The van der Waals surface area contributed by atoms with Crippen molar-refractivity contribution >= 4 is 11.1 Å². The van der Waals surface area contributed by atoms with Crippen LogP contribution in [0.5, 0.6) is 11.5 Å². The zero-order chi connectivity index (χ0) is 19.0. The largest absolute Gasteiger partial charge is 0.772 e. The van der Waals surface area contributed by atoms with Crippen LogP contribution < -0.4 is 4.74 Å². The molecule has 2 aromatic rings. The van der Waals surface area contributed by atoms with Crippen molar-refractivity contribution in [1.29, 1.82) is 5.26 Å². The molecule has 1 unspecified atom stereocenters. The highest BCUT2D eigenvalue weighted by atomic mass is 32.2. The zero-order valence-corrected chi connectivity index (χ0v) is 15.0. The van der Waals surface area contributed by atoms with Crippen LogP contribution in [0.2, 0.25) is 0 Å². The maximum atomic E-state index is 13.7. The number of hydrogen-bond acceptors (Lipinski definition) is 6. The molecule has 1 fully saturated rings. The predicted octanol–water partition coefficient (Wildman–Crippen LogP) is 3.01. The van der Waals surface area contributed by atoms with Gasteiger partial charge in [-0.1, -0.05) is 17.1 Å². The quantitative estimate of drug-likeness (QED) is 0.748. The summed E-state index contributed by atoms with van der Waals surface area (Å²) in [5, 5.41) is 9.00. The minimum atomic E-state index is -2.27. The molecule has 1 heterocycles. The van der Waals surface area contributed by atoms with Crippen molar-refractivity contribution in [2.45, 2.75) is 24.4 Å². The zero-order valence-electron chi connectivity index (χ0n) is 14.2. The molecule has 0 bridgehead atoms. The van der Waals surface area contributed by atoms with E-state index in [-0.39, 0.29) is 17.1 Å². The normalized spacial score (nSPS) is 18.3. The highest BCUT2D eigenvalue weighted by Crippen LogP contribution is 2.49. The summed E-state index contributed by atoms with van der Waals surface area (Å²) in [6.07, 6.45) is 1.12. The van der Waals surface area contributed by atoms with Crippen LogP contribution >= 0.6 is 0 Å². The summed E-state index contributed by atoms with van der Waals surface area (Å²) in [6, 6.07) is 8.97. The number of fused-ring (bicyclic) bond motifs is 2. The number of nitrogens with zero attached hydrogens (tertiary/aromatic N) is 1. The minimum absolute atomic E-state index is 0.152. The van der Waals surface area contributed by atoms with E-state index in [2.05, 4.69) is 0 Å². The van der Waals surface area contributed by atoms with Gasteiger partial charge in [-0.15, -0.1) is 0 Å². The van der Waals surface area contributed by atoms with Crippen molar-refractivity contribution in [3.05, 3.63) is 58.4 Å². The summed E-state index contributed by atoms with van der Waals surface area (Å²) in [5.74, 6) is -1.02. The van der Waals surface area contributed by atoms with Crippen LogP contribution in [0.4, 0.5) is 4.39 Å². The van der Waals surface area contributed by atoms with Crippen molar-refractivity contribution in [2.75, 3.05) is 13.2 Å². The fourth-order valence-electron chi connectivity index (χ4n) is 3.71. The number of ether oxygens (including phenoxy) is 3. The number of nitriles is 1. The number of rotatable bonds is 4. The van der Waals surface area contributed by atoms with E-state index in [1.807, 2.05) is 6.07 Å². The summed E-state index contributed by atoms with van der Waals surface area (Å²) in [7, 11) is 0. The summed E-state index contributed by atoms with van der Waals surface area (Å²) in [5.41, 5.74) is 2.21. The summed E-state index contributed by atoms with van der Waals surface area (Å²) in [4.78, 5) is 0. The molecule has 0 saturated carbocycles. The number of hydrogen-bond donors (Lipinski definition) is 0. The van der Waals surface area contributed by atoms with Gasteiger partial charge in [-0.05, 0) is 30.2 Å². The second-order valence-electron chi connectivity index (χ2n) is 6.36. The molecule has 2 aromatic carbocycles. The molecule has 1 saturated heterocycles. The van der Waals surface area contributed by atoms with Gasteiger partial charge in [0, 0.05) is 29.4 Å². The van der Waals surface area contributed by atoms with Crippen LogP contribution in [0.25, 0.3) is 0 Å². The monoisotopic (exact) mass is 388 g/mol. The van der Waals surface area contributed by atoms with Gasteiger partial charge in [-0.3, -0.25) is 4.21 Å². The highest BCUT2D eigenvalue weighted by Gasteiger charge is 2.46. The van der Waals surface area contributed by atoms with Crippen molar-refractivity contribution in [2.24, 2.45) is 0 Å². The first-order chi connectivity index (χ1) is 13.0. The molecule has 0 amide bonds. The third-order valence-electron chi connectivity index (χ3n) is 4.70. The van der Waals surface area contributed by atoms with Crippen LogP contribution in [-0.2, 0) is 38.5 Å². The van der Waals surface area contributed by atoms with Gasteiger partial charge >= 0.3 is 0 Å². The molecule has 4 rings (SSSR count). The molecule has 6 nitrogen and oxygen atoms in total. The van der Waals surface area contributed by atoms with Crippen LogP contribution in [0, 0.1) is 17.1 Å². The smallest absolute Gasteiger partial charge is 0.196 e. The van der Waals surface area contributed by atoms with Gasteiger partial charge in [-0.25, -0.2) is 4.39 Å². The molecular formula is C19H15FNO5S-. The Hall–Kier alpha value is -2.31. The fourth-order valence-corrected chi connectivity index (χ4v) is 4.21. The molecule has 2 aliphatic rings. The lowest BCUT2D eigenvalue weighted by atomic mass is 10.00. The van der Waals surface area contributed by atoms with E-state index in [1.54, 1.807) is 12.1 Å². The van der Waals surface area contributed by atoms with Crippen LogP contribution in [0.1, 0.15) is 28.7 Å². The van der Waals surface area contributed by atoms with E-state index in [9.17, 15) is 13.2 Å². The van der Waals surface area contributed by atoms with Gasteiger partial charge in [0.05, 0.1) is 24.8 Å². The molecule has 8 heteroatoms. The molecule has 0 N–H and O–H groups in total. The molecule has 27 heavy (non-hydrogen) atoms. The van der Waals surface area contributed by atoms with Crippen LogP contribution in [0.15, 0.2) is 30.3 Å². The average molecular weight is 388 g/mol. The maximum Gasteiger partial charge on any atom is 0.196 e. The summed E-state index contributed by atoms with van der Waals surface area (Å²) in [6.45, 7) is 0.861. The Bertz CT molecular complexity index is 965. The van der Waals surface area contributed by atoms with Crippen LogP contribution in [-0.4, -0.2) is 22.0 Å². The van der Waals surface area contributed by atoms with E-state index in [0.29, 0.717) is 42.9 Å². The molecule has 1 aliphatic carbocycles. The predicted molar refractivity (Wildman–Crippen MR) is 92.2 cm³/mol. The van der Waals surface area contributed by atoms with Crippen molar-refractivity contribution in [3.63, 3.8) is 0 Å². The van der Waals surface area contributed by atoms with Gasteiger partial charge < -0.3 is 18.8 Å². The van der Waals surface area contributed by atoms with Gasteiger partial charge in [0.15, 0.2) is 5.79 Å². The van der Waals surface area contributed by atoms with Gasteiger partial charge in [0.1, 0.15) is 17.3 Å². The van der Waals surface area contributed by atoms with E-state index >= 15 is 0 Å². The first kappa shape index (κ1) is 18.1. The molecule has 1 spiro atoms. The molecule has 1 atom stereocenters. The van der Waals surface area contributed by atoms with Crippen molar-refractivity contribution < 1.29 is 27.4 Å². The van der Waals surface area contributed by atoms with Crippen molar-refractivity contribution in [3.8, 4) is 17.6 Å². The second-order valence-corrected chi connectivity index (χ2v) is 7.26. The average Bonchev–Trinajstić information content (AvgIpc) is 3.25. The van der Waals surface area contributed by atoms with E-state index in [1.165, 1.54) is 12.1 Å². The van der Waals surface area contributed by atoms with Gasteiger partial charge in [0.2, 0.25) is 0 Å². The minimum Gasteiger partial charge on any atom is -0.772 e. The standard InChI is InChI=1S/C19H16FNO5S/c20-14-7-12(10-21)8-15(9-14)26-17-2-1-13(11-27(22)23)18-16(17)3-4-19(18)24-5-6-25-19/h1-2,7-9H,3-6,11H2,(H,22,23)/p-1. The Morgan fingerprint density at radius 2 is 2.07 bits per heavy atom. The molecule has 140 valence electrons. The third kappa shape index (κ3) is 3.35. The second kappa shape index (κ2) is 7.02. The number of halogens is 1. The van der Waals surface area contributed by atoms with E-state index in [0.717, 1.165) is 11.6 Å². The first-order valence-corrected chi connectivity index (χ1v) is 9.63. The number of benzene rings is 2. The lowest BCUT2D eigenvalue weighted by Gasteiger charge is -2.26. The lowest BCUT2D eigenvalue weighted by Crippen LogP contribution is -2.25. The Kier molecular flexibility index (Phi) is 4.70. The lowest BCUT2D eigenvalue weighted by molar-refractivity contribution is -0.163. The fraction of sp³-hybridized carbons (Fsp3) is 0.316. The van der Waals surface area contributed by atoms with Crippen LogP contribution in [0.3, 0.4) is 0 Å². The summed E-state index contributed by atoms with van der Waals surface area (Å²) >= 11 is -2.27. The summed E-state index contributed by atoms with van der Waals surface area (Å²) < 4.78 is 53.8. The molecule has 0 radical (unpaired) electrons. The SMILES string of the molecule is N#Cc1cc(F)cc(Oc2ccc(CS(=O)[O-])c3c2CCC32OCCO2)c1. The Labute approximate surface area is 157 Å².